The molecule has 1 aromatic carbocycles. The third kappa shape index (κ3) is 7.64. The van der Waals surface area contributed by atoms with Crippen LogP contribution in [0.3, 0.4) is 0 Å². The number of nitrogens with one attached hydrogen (secondary N) is 2. The Balaban J connectivity index is 1.88. The minimum atomic E-state index is -1.20. The third-order valence-corrected chi connectivity index (χ3v) is 5.08. The average molecular weight is 423 g/mol. The van der Waals surface area contributed by atoms with E-state index in [4.69, 9.17) is 17.3 Å². The number of allylic oxidation sites excluding steroid dienone is 1. The van der Waals surface area contributed by atoms with Crippen LogP contribution in [0.1, 0.15) is 37.7 Å². The van der Waals surface area contributed by atoms with Crippen molar-refractivity contribution in [3.8, 4) is 0 Å². The molecule has 9 heteroatoms. The number of nitrogens with zero attached hydrogens (tertiary/aromatic N) is 3. The van der Waals surface area contributed by atoms with E-state index in [1.54, 1.807) is 6.07 Å². The van der Waals surface area contributed by atoms with Gasteiger partial charge in [-0.2, -0.15) is 0 Å². The van der Waals surface area contributed by atoms with Crippen LogP contribution in [0.15, 0.2) is 40.8 Å². The number of nitrogens with two attached hydrogens (primary N) is 1. The molecule has 0 fully saturated rings. The number of unbranched alkanes of at least 4 members (excludes halogenated alkanes) is 4. The van der Waals surface area contributed by atoms with Crippen molar-refractivity contribution in [3.05, 3.63) is 56.5 Å². The number of aliphatic imine (C=N–C) groups is 1. The summed E-state index contributed by atoms with van der Waals surface area (Å²) in [6.07, 6.45) is 7.06. The third-order valence-electron chi connectivity index (χ3n) is 4.71. The molecule has 0 spiro atoms. The Hall–Kier alpha value is -2.16. The Bertz CT molecular complexity index is 752. The molecular formula is C20H31ClN6O2. The molecule has 160 valence electrons. The first-order chi connectivity index (χ1) is 13.8. The Morgan fingerprint density at radius 3 is 2.62 bits per heavy atom. The number of nitro groups is 1. The zero-order valence-electron chi connectivity index (χ0n) is 17.2. The van der Waals surface area contributed by atoms with Crippen molar-refractivity contribution in [2.45, 2.75) is 44.3 Å². The van der Waals surface area contributed by atoms with Gasteiger partial charge in [0, 0.05) is 18.0 Å². The van der Waals surface area contributed by atoms with E-state index in [1.165, 1.54) is 19.1 Å². The molecule has 0 aromatic heterocycles. The van der Waals surface area contributed by atoms with Gasteiger partial charge in [0.05, 0.1) is 4.92 Å². The summed E-state index contributed by atoms with van der Waals surface area (Å²) in [5.74, 6) is -0.897. The topological polar surface area (TPSA) is 109 Å². The van der Waals surface area contributed by atoms with Gasteiger partial charge in [0.15, 0.2) is 11.6 Å². The fraction of sp³-hybridized carbons (Fsp3) is 0.550. The Kier molecular flexibility index (Phi) is 8.88. The maximum Gasteiger partial charge on any atom is 0.326 e. The molecule has 1 atom stereocenters. The van der Waals surface area contributed by atoms with Gasteiger partial charge in [-0.1, -0.05) is 49.1 Å². The van der Waals surface area contributed by atoms with E-state index < -0.39 is 10.7 Å². The summed E-state index contributed by atoms with van der Waals surface area (Å²) in [5, 5.41) is 18.1. The molecule has 8 nitrogen and oxygen atoms in total. The van der Waals surface area contributed by atoms with Gasteiger partial charge in [0.25, 0.3) is 0 Å². The second kappa shape index (κ2) is 11.1. The van der Waals surface area contributed by atoms with Gasteiger partial charge in [-0.3, -0.25) is 15.8 Å². The summed E-state index contributed by atoms with van der Waals surface area (Å²) < 4.78 is 0. The van der Waals surface area contributed by atoms with Crippen LogP contribution in [0, 0.1) is 10.1 Å². The molecule has 2 rings (SSSR count). The maximum absolute atomic E-state index is 11.4. The van der Waals surface area contributed by atoms with Crippen molar-refractivity contribution in [1.29, 1.82) is 0 Å². The van der Waals surface area contributed by atoms with Crippen molar-refractivity contribution in [2.75, 3.05) is 27.2 Å². The van der Waals surface area contributed by atoms with Crippen LogP contribution in [0.5, 0.6) is 0 Å². The maximum atomic E-state index is 11.4. The molecule has 0 radical (unpaired) electrons. The van der Waals surface area contributed by atoms with Crippen LogP contribution >= 0.6 is 11.6 Å². The first-order valence-corrected chi connectivity index (χ1v) is 10.3. The summed E-state index contributed by atoms with van der Waals surface area (Å²) in [6, 6.07) is 7.35. The highest BCUT2D eigenvalue weighted by atomic mass is 35.5. The number of hydrogen-bond acceptors (Lipinski definition) is 7. The molecular weight excluding hydrogens is 392 g/mol. The second-order valence-electron chi connectivity index (χ2n) is 7.59. The minimum Gasteiger partial charge on any atom is -0.366 e. The molecule has 0 saturated heterocycles. The molecule has 0 bridgehead atoms. The lowest BCUT2D eigenvalue weighted by Crippen LogP contribution is -2.57. The standard InChI is InChI=1S/C20H31ClN6O2/c1-26(2)13-9-5-3-4-8-12-23-19-18(27(28)29)15-24-20(22,25-19)14-16-10-6-7-11-17(16)21/h6-7,10-11,15,23,25H,3-5,8-9,12-14,22H2,1-2H3. The first kappa shape index (κ1) is 23.1. The largest absolute Gasteiger partial charge is 0.366 e. The molecule has 0 saturated carbocycles. The molecule has 1 aromatic rings. The summed E-state index contributed by atoms with van der Waals surface area (Å²) in [6.45, 7) is 1.73. The van der Waals surface area contributed by atoms with Gasteiger partial charge < -0.3 is 15.5 Å². The molecule has 1 aliphatic heterocycles. The summed E-state index contributed by atoms with van der Waals surface area (Å²) in [7, 11) is 4.16. The van der Waals surface area contributed by atoms with Crippen LogP contribution in [0.2, 0.25) is 5.02 Å². The van der Waals surface area contributed by atoms with Crippen LogP contribution in [0.4, 0.5) is 0 Å². The SMILES string of the molecule is CN(C)CCCCCCCNC1=C([N+](=O)[O-])C=NC(N)(Cc2ccccc2Cl)N1. The number of halogens is 1. The molecule has 1 heterocycles. The molecule has 0 aliphatic carbocycles. The minimum absolute atomic E-state index is 0.115. The average Bonchev–Trinajstić information content (AvgIpc) is 2.65. The molecule has 0 amide bonds. The van der Waals surface area contributed by atoms with Crippen molar-refractivity contribution in [2.24, 2.45) is 10.7 Å². The van der Waals surface area contributed by atoms with Crippen LogP contribution < -0.4 is 16.4 Å². The molecule has 1 aliphatic rings. The monoisotopic (exact) mass is 422 g/mol. The lowest BCUT2D eigenvalue weighted by atomic mass is 10.1. The van der Waals surface area contributed by atoms with Crippen LogP contribution in [-0.4, -0.2) is 49.0 Å². The number of benzene rings is 1. The first-order valence-electron chi connectivity index (χ1n) is 9.94. The zero-order chi connectivity index (χ0) is 21.3. The highest BCUT2D eigenvalue weighted by molar-refractivity contribution is 6.31. The van der Waals surface area contributed by atoms with Gasteiger partial charge >= 0.3 is 5.70 Å². The zero-order valence-corrected chi connectivity index (χ0v) is 17.9. The van der Waals surface area contributed by atoms with Gasteiger partial charge in [0.1, 0.15) is 6.21 Å². The predicted octanol–water partition coefficient (Wildman–Crippen LogP) is 2.72. The van der Waals surface area contributed by atoms with E-state index in [-0.39, 0.29) is 5.70 Å². The van der Waals surface area contributed by atoms with Gasteiger partial charge in [-0.25, -0.2) is 4.99 Å². The van der Waals surface area contributed by atoms with Crippen molar-refractivity contribution in [3.63, 3.8) is 0 Å². The number of hydrogen-bond donors (Lipinski definition) is 3. The predicted molar refractivity (Wildman–Crippen MR) is 117 cm³/mol. The lowest BCUT2D eigenvalue weighted by Gasteiger charge is -2.31. The highest BCUT2D eigenvalue weighted by Gasteiger charge is 2.33. The Morgan fingerprint density at radius 2 is 1.93 bits per heavy atom. The summed E-state index contributed by atoms with van der Waals surface area (Å²) >= 11 is 6.22. The lowest BCUT2D eigenvalue weighted by molar-refractivity contribution is -0.416. The van der Waals surface area contributed by atoms with E-state index in [9.17, 15) is 10.1 Å². The van der Waals surface area contributed by atoms with Gasteiger partial charge in [-0.15, -0.1) is 0 Å². The highest BCUT2D eigenvalue weighted by Crippen LogP contribution is 2.22. The summed E-state index contributed by atoms with van der Waals surface area (Å²) in [5.41, 5.74) is 7.06. The van der Waals surface area contributed by atoms with E-state index in [0.29, 0.717) is 23.8 Å². The molecule has 4 N–H and O–H groups in total. The van der Waals surface area contributed by atoms with E-state index >= 15 is 0 Å². The van der Waals surface area contributed by atoms with E-state index in [1.807, 2.05) is 18.2 Å². The Morgan fingerprint density at radius 1 is 1.24 bits per heavy atom. The smallest absolute Gasteiger partial charge is 0.326 e. The van der Waals surface area contributed by atoms with Gasteiger partial charge in [-0.05, 0) is 45.1 Å². The Labute approximate surface area is 177 Å². The van der Waals surface area contributed by atoms with E-state index in [2.05, 4.69) is 34.6 Å². The fourth-order valence-corrected chi connectivity index (χ4v) is 3.35. The molecule has 29 heavy (non-hydrogen) atoms. The van der Waals surface area contributed by atoms with Crippen LogP contribution in [0.25, 0.3) is 0 Å². The van der Waals surface area contributed by atoms with Crippen molar-refractivity contribution < 1.29 is 4.92 Å². The normalized spacial score (nSPS) is 18.8. The summed E-state index contributed by atoms with van der Waals surface area (Å²) in [4.78, 5) is 17.3. The fourth-order valence-electron chi connectivity index (χ4n) is 3.15. The second-order valence-corrected chi connectivity index (χ2v) is 8.00. The van der Waals surface area contributed by atoms with Crippen molar-refractivity contribution in [1.82, 2.24) is 15.5 Å². The van der Waals surface area contributed by atoms with E-state index in [0.717, 1.165) is 31.4 Å². The van der Waals surface area contributed by atoms with Crippen molar-refractivity contribution >= 4 is 17.8 Å². The number of rotatable bonds is 12. The molecule has 1 unspecified atom stereocenters. The van der Waals surface area contributed by atoms with Gasteiger partial charge in [0.2, 0.25) is 0 Å². The quantitative estimate of drug-likeness (QED) is 0.271. The van der Waals surface area contributed by atoms with Crippen LogP contribution in [-0.2, 0) is 6.42 Å².